The molecule has 0 aliphatic carbocycles. The number of carboxylic acid groups (broad SMARTS) is 1. The fourth-order valence-corrected chi connectivity index (χ4v) is 2.55. The first-order valence-electron chi connectivity index (χ1n) is 8.51. The number of nitrogens with zero attached hydrogens (tertiary/aromatic N) is 2. The predicted octanol–water partition coefficient (Wildman–Crippen LogP) is 2.40. The van der Waals surface area contributed by atoms with Crippen molar-refractivity contribution in [2.45, 2.75) is 46.2 Å². The van der Waals surface area contributed by atoms with Crippen molar-refractivity contribution in [2.24, 2.45) is 0 Å². The molecular weight excluding hydrogens is 348 g/mol. The first kappa shape index (κ1) is 20.2. The first-order chi connectivity index (χ1) is 12.5. The SMILES string of the molecule is Cc1c(C(=O)Nc2ccc(C(=O)NC(C)C(=O)O)cc2)cnn1C(C)(C)C. The number of carboxylic acids is 1. The van der Waals surface area contributed by atoms with Crippen LogP contribution in [-0.2, 0) is 10.3 Å². The van der Waals surface area contributed by atoms with Crippen LogP contribution in [0.1, 0.15) is 54.1 Å². The standard InChI is InChI=1S/C19H24N4O4/c1-11(18(26)27)21-16(24)13-6-8-14(9-7-13)22-17(25)15-10-20-23(12(15)2)19(3,4)5/h6-11H,1-5H3,(H,21,24)(H,22,25)(H,26,27). The first-order valence-corrected chi connectivity index (χ1v) is 8.51. The molecule has 2 aromatic rings. The molecular formula is C19H24N4O4. The number of anilines is 1. The van der Waals surface area contributed by atoms with Gasteiger partial charge in [-0.1, -0.05) is 0 Å². The van der Waals surface area contributed by atoms with Crippen molar-refractivity contribution in [1.82, 2.24) is 15.1 Å². The molecule has 1 aromatic carbocycles. The number of aliphatic carboxylic acids is 1. The van der Waals surface area contributed by atoms with E-state index in [-0.39, 0.29) is 11.4 Å². The summed E-state index contributed by atoms with van der Waals surface area (Å²) in [6, 6.07) is 5.22. The Morgan fingerprint density at radius 1 is 1.11 bits per heavy atom. The van der Waals surface area contributed by atoms with Crippen molar-refractivity contribution in [3.05, 3.63) is 47.3 Å². The van der Waals surface area contributed by atoms with E-state index in [1.54, 1.807) is 16.8 Å². The summed E-state index contributed by atoms with van der Waals surface area (Å²) in [6.07, 6.45) is 1.53. The molecule has 1 unspecified atom stereocenters. The van der Waals surface area contributed by atoms with Gasteiger partial charge < -0.3 is 15.7 Å². The zero-order chi connectivity index (χ0) is 20.4. The van der Waals surface area contributed by atoms with Gasteiger partial charge >= 0.3 is 5.97 Å². The number of aromatic nitrogens is 2. The Bertz CT molecular complexity index is 863. The molecule has 3 N–H and O–H groups in total. The number of hydrogen-bond donors (Lipinski definition) is 3. The van der Waals surface area contributed by atoms with Crippen LogP contribution in [0.5, 0.6) is 0 Å². The number of carbonyl (C=O) groups excluding carboxylic acids is 2. The summed E-state index contributed by atoms with van der Waals surface area (Å²) >= 11 is 0. The molecule has 0 spiro atoms. The molecule has 0 radical (unpaired) electrons. The number of amides is 2. The Hall–Kier alpha value is -3.16. The monoisotopic (exact) mass is 372 g/mol. The normalized spacial score (nSPS) is 12.3. The van der Waals surface area contributed by atoms with E-state index in [4.69, 9.17) is 5.11 Å². The van der Waals surface area contributed by atoms with Gasteiger partial charge in [-0.05, 0) is 58.9 Å². The molecule has 0 saturated heterocycles. The minimum absolute atomic E-state index is 0.231. The smallest absolute Gasteiger partial charge is 0.325 e. The van der Waals surface area contributed by atoms with E-state index >= 15 is 0 Å². The Balaban J connectivity index is 2.08. The van der Waals surface area contributed by atoms with Crippen LogP contribution in [0.4, 0.5) is 5.69 Å². The Morgan fingerprint density at radius 3 is 2.19 bits per heavy atom. The highest BCUT2D eigenvalue weighted by atomic mass is 16.4. The largest absolute Gasteiger partial charge is 0.480 e. The lowest BCUT2D eigenvalue weighted by molar-refractivity contribution is -0.138. The molecule has 0 aliphatic heterocycles. The zero-order valence-corrected chi connectivity index (χ0v) is 16.0. The lowest BCUT2D eigenvalue weighted by Gasteiger charge is -2.21. The van der Waals surface area contributed by atoms with Crippen LogP contribution in [0.25, 0.3) is 0 Å². The van der Waals surface area contributed by atoms with Crippen molar-refractivity contribution < 1.29 is 19.5 Å². The molecule has 2 rings (SSSR count). The highest BCUT2D eigenvalue weighted by molar-refractivity contribution is 6.05. The van der Waals surface area contributed by atoms with Gasteiger partial charge in [0.05, 0.1) is 17.3 Å². The van der Waals surface area contributed by atoms with Crippen molar-refractivity contribution in [3.63, 3.8) is 0 Å². The fraction of sp³-hybridized carbons (Fsp3) is 0.368. The summed E-state index contributed by atoms with van der Waals surface area (Å²) in [4.78, 5) is 35.3. The lowest BCUT2D eigenvalue weighted by Crippen LogP contribution is -2.38. The predicted molar refractivity (Wildman–Crippen MR) is 101 cm³/mol. The Kier molecular flexibility index (Phi) is 5.68. The minimum atomic E-state index is -1.11. The van der Waals surface area contributed by atoms with Gasteiger partial charge in [0.25, 0.3) is 11.8 Å². The van der Waals surface area contributed by atoms with Gasteiger partial charge in [0.1, 0.15) is 6.04 Å². The van der Waals surface area contributed by atoms with Gasteiger partial charge in [-0.3, -0.25) is 19.1 Å². The summed E-state index contributed by atoms with van der Waals surface area (Å²) in [6.45, 7) is 9.23. The lowest BCUT2D eigenvalue weighted by atomic mass is 10.1. The molecule has 0 aliphatic rings. The van der Waals surface area contributed by atoms with Gasteiger partial charge in [0.15, 0.2) is 0 Å². The molecule has 0 saturated carbocycles. The van der Waals surface area contributed by atoms with E-state index in [9.17, 15) is 14.4 Å². The van der Waals surface area contributed by atoms with Crippen LogP contribution in [0.15, 0.2) is 30.5 Å². The second kappa shape index (κ2) is 7.61. The van der Waals surface area contributed by atoms with Crippen molar-refractivity contribution in [3.8, 4) is 0 Å². The van der Waals surface area contributed by atoms with Crippen LogP contribution < -0.4 is 10.6 Å². The second-order valence-electron chi connectivity index (χ2n) is 7.29. The summed E-state index contributed by atoms with van der Waals surface area (Å²) in [5.74, 6) is -1.90. The van der Waals surface area contributed by atoms with E-state index in [1.165, 1.54) is 25.3 Å². The number of carbonyl (C=O) groups is 3. The maximum atomic E-state index is 12.5. The fourth-order valence-electron chi connectivity index (χ4n) is 2.55. The average Bonchev–Trinajstić information content (AvgIpc) is 2.97. The topological polar surface area (TPSA) is 113 Å². The van der Waals surface area contributed by atoms with Crippen molar-refractivity contribution >= 4 is 23.5 Å². The average molecular weight is 372 g/mol. The highest BCUT2D eigenvalue weighted by Crippen LogP contribution is 2.19. The third-order valence-electron chi connectivity index (χ3n) is 4.01. The van der Waals surface area contributed by atoms with Gasteiger partial charge in [-0.25, -0.2) is 0 Å². The van der Waals surface area contributed by atoms with Gasteiger partial charge in [0.2, 0.25) is 0 Å². The number of benzene rings is 1. The highest BCUT2D eigenvalue weighted by Gasteiger charge is 2.21. The van der Waals surface area contributed by atoms with E-state index in [1.807, 2.05) is 27.7 Å². The summed E-state index contributed by atoms with van der Waals surface area (Å²) in [5.41, 5.74) is 1.83. The van der Waals surface area contributed by atoms with Crippen LogP contribution in [0.3, 0.4) is 0 Å². The Labute approximate surface area is 157 Å². The van der Waals surface area contributed by atoms with Crippen molar-refractivity contribution in [1.29, 1.82) is 0 Å². The number of nitrogens with one attached hydrogen (secondary N) is 2. The molecule has 1 aromatic heterocycles. The van der Waals surface area contributed by atoms with Gasteiger partial charge in [-0.15, -0.1) is 0 Å². The molecule has 1 heterocycles. The van der Waals surface area contributed by atoms with E-state index in [0.717, 1.165) is 5.69 Å². The molecule has 27 heavy (non-hydrogen) atoms. The molecule has 0 bridgehead atoms. The van der Waals surface area contributed by atoms with Crippen LogP contribution in [0, 0.1) is 6.92 Å². The summed E-state index contributed by atoms with van der Waals surface area (Å²) in [7, 11) is 0. The summed E-state index contributed by atoms with van der Waals surface area (Å²) in [5, 5.41) is 18.3. The zero-order valence-electron chi connectivity index (χ0n) is 16.0. The van der Waals surface area contributed by atoms with Crippen LogP contribution in [0.2, 0.25) is 0 Å². The van der Waals surface area contributed by atoms with Crippen LogP contribution in [-0.4, -0.2) is 38.7 Å². The van der Waals surface area contributed by atoms with Crippen LogP contribution >= 0.6 is 0 Å². The molecule has 8 heteroatoms. The molecule has 2 amide bonds. The third kappa shape index (κ3) is 4.72. The number of hydrogen-bond acceptors (Lipinski definition) is 4. The number of rotatable bonds is 5. The van der Waals surface area contributed by atoms with E-state index in [2.05, 4.69) is 15.7 Å². The van der Waals surface area contributed by atoms with Gasteiger partial charge in [-0.2, -0.15) is 5.10 Å². The molecule has 0 fully saturated rings. The van der Waals surface area contributed by atoms with E-state index < -0.39 is 17.9 Å². The van der Waals surface area contributed by atoms with Crippen molar-refractivity contribution in [2.75, 3.05) is 5.32 Å². The summed E-state index contributed by atoms with van der Waals surface area (Å²) < 4.78 is 1.79. The maximum absolute atomic E-state index is 12.5. The molecule has 1 atom stereocenters. The molecule has 144 valence electrons. The molecule has 8 nitrogen and oxygen atoms in total. The van der Waals surface area contributed by atoms with Gasteiger partial charge in [0, 0.05) is 16.9 Å². The second-order valence-corrected chi connectivity index (χ2v) is 7.29. The Morgan fingerprint density at radius 2 is 1.70 bits per heavy atom. The quantitative estimate of drug-likeness (QED) is 0.746. The minimum Gasteiger partial charge on any atom is -0.480 e. The maximum Gasteiger partial charge on any atom is 0.325 e. The third-order valence-corrected chi connectivity index (χ3v) is 4.01. The van der Waals surface area contributed by atoms with E-state index in [0.29, 0.717) is 16.8 Å².